The Morgan fingerprint density at radius 3 is 0.800 bits per heavy atom. The average molecular weight is 204 g/mol. The van der Waals surface area contributed by atoms with Gasteiger partial charge in [-0.05, 0) is 0 Å². The first-order valence-corrected chi connectivity index (χ1v) is 0.204. The van der Waals surface area contributed by atoms with Crippen molar-refractivity contribution in [2.75, 3.05) is 0 Å². The molecule has 0 amide bonds. The zero-order valence-electron chi connectivity index (χ0n) is 1.86. The largest absolute Gasteiger partial charge is 0.281 e. The summed E-state index contributed by atoms with van der Waals surface area (Å²) in [6, 6.07) is 0. The molecule has 0 bridgehead atoms. The van der Waals surface area contributed by atoms with Crippen molar-refractivity contribution >= 4 is 6.79 Å². The van der Waals surface area contributed by atoms with Crippen LogP contribution in [0.3, 0.4) is 0 Å². The van der Waals surface area contributed by atoms with Crippen LogP contribution in [-0.2, 0) is 54.3 Å². The fourth-order valence-electron chi connectivity index (χ4n) is 0. The van der Waals surface area contributed by atoms with E-state index in [1.807, 2.05) is 0 Å². The monoisotopic (exact) mass is 202 g/mol. The maximum Gasteiger partial charge on any atom is 0.281 e. The first kappa shape index (κ1) is 35.3. The molecule has 0 aliphatic heterocycles. The maximum atomic E-state index is 7.50. The molecule has 0 saturated heterocycles. The average Bonchev–Trinajstić information content (AvgIpc) is 1.00. The van der Waals surface area contributed by atoms with Crippen molar-refractivity contribution in [3.63, 3.8) is 0 Å². The minimum absolute atomic E-state index is 0. The molecular formula is CNi3O. The van der Waals surface area contributed by atoms with Crippen molar-refractivity contribution in [3.8, 4) is 0 Å². The molecule has 0 heterocycles. The van der Waals surface area contributed by atoms with Gasteiger partial charge < -0.3 is 0 Å². The van der Waals surface area contributed by atoms with Crippen LogP contribution in [0.15, 0.2) is 0 Å². The van der Waals surface area contributed by atoms with Crippen LogP contribution in [0.1, 0.15) is 0 Å². The molecule has 0 unspecified atom stereocenters. The molecule has 0 aliphatic carbocycles. The van der Waals surface area contributed by atoms with Crippen LogP contribution in [-0.4, -0.2) is 6.79 Å². The molecule has 1 nitrogen and oxygen atoms in total. The standard InChI is InChI=1S/CO.3Ni/c1-2;;;. The van der Waals surface area contributed by atoms with Gasteiger partial charge in [0.2, 0.25) is 0 Å². The molecule has 0 atom stereocenters. The van der Waals surface area contributed by atoms with E-state index in [0.29, 0.717) is 0 Å². The Hall–Kier alpha value is 1.15. The maximum absolute atomic E-state index is 7.50. The Morgan fingerprint density at radius 1 is 0.800 bits per heavy atom. The SMILES string of the molecule is [C]=O.[Ni].[Ni].[Ni]. The molecule has 0 N–H and O–H groups in total. The van der Waals surface area contributed by atoms with E-state index in [1.54, 1.807) is 0 Å². The van der Waals surface area contributed by atoms with E-state index < -0.39 is 0 Å². The van der Waals surface area contributed by atoms with Crippen molar-refractivity contribution in [1.82, 2.24) is 0 Å². The molecule has 0 saturated carbocycles. The van der Waals surface area contributed by atoms with E-state index in [2.05, 4.69) is 6.79 Å². The molecule has 0 aliphatic rings. The normalized spacial score (nSPS) is 0.800. The van der Waals surface area contributed by atoms with Crippen LogP contribution in [0, 0.1) is 0 Å². The Morgan fingerprint density at radius 2 is 0.800 bits per heavy atom. The fraction of sp³-hybridized carbons (Fsp3) is 0. The molecule has 2 radical (unpaired) electrons. The second-order valence-electron chi connectivity index (χ2n) is 0. The smallest absolute Gasteiger partial charge is 0.281 e. The van der Waals surface area contributed by atoms with E-state index >= 15 is 0 Å². The summed E-state index contributed by atoms with van der Waals surface area (Å²) in [7, 11) is 0. The van der Waals surface area contributed by atoms with Gasteiger partial charge in [0.25, 0.3) is 6.79 Å². The summed E-state index contributed by atoms with van der Waals surface area (Å²) >= 11 is 0. The molecule has 5 heavy (non-hydrogen) atoms. The summed E-state index contributed by atoms with van der Waals surface area (Å²) < 4.78 is 0. The zero-order chi connectivity index (χ0) is 2.00. The zero-order valence-corrected chi connectivity index (χ0v) is 4.82. The summed E-state index contributed by atoms with van der Waals surface area (Å²) in [5.41, 5.74) is 0. The van der Waals surface area contributed by atoms with Gasteiger partial charge in [-0.1, -0.05) is 0 Å². The van der Waals surface area contributed by atoms with E-state index in [-0.39, 0.29) is 49.5 Å². The third-order valence-electron chi connectivity index (χ3n) is 0. The quantitative estimate of drug-likeness (QED) is 0.490. The van der Waals surface area contributed by atoms with Crippen molar-refractivity contribution in [1.29, 1.82) is 0 Å². The van der Waals surface area contributed by atoms with Crippen LogP contribution in [0.4, 0.5) is 0 Å². The third kappa shape index (κ3) is 38.6. The Balaban J connectivity index is -0.00000000167. The van der Waals surface area contributed by atoms with Crippen molar-refractivity contribution in [2.45, 2.75) is 0 Å². The molecule has 0 aromatic heterocycles. The van der Waals surface area contributed by atoms with Gasteiger partial charge in [-0.3, -0.25) is 4.79 Å². The second kappa shape index (κ2) is 67.0. The van der Waals surface area contributed by atoms with Gasteiger partial charge >= 0.3 is 0 Å². The fourth-order valence-corrected chi connectivity index (χ4v) is 0. The molecular weight excluding hydrogens is 204 g/mol. The first-order valence-electron chi connectivity index (χ1n) is 0.204. The van der Waals surface area contributed by atoms with Gasteiger partial charge in [-0.25, -0.2) is 0 Å². The van der Waals surface area contributed by atoms with Crippen molar-refractivity contribution in [2.24, 2.45) is 0 Å². The van der Waals surface area contributed by atoms with Crippen LogP contribution in [0.25, 0.3) is 0 Å². The van der Waals surface area contributed by atoms with Gasteiger partial charge in [0, 0.05) is 49.5 Å². The van der Waals surface area contributed by atoms with E-state index in [9.17, 15) is 0 Å². The number of rotatable bonds is 0. The number of hydrogen-bond donors (Lipinski definition) is 0. The van der Waals surface area contributed by atoms with Crippen molar-refractivity contribution in [3.05, 3.63) is 0 Å². The summed E-state index contributed by atoms with van der Waals surface area (Å²) in [5.74, 6) is 0. The van der Waals surface area contributed by atoms with E-state index in [4.69, 9.17) is 4.79 Å². The molecule has 0 rings (SSSR count). The van der Waals surface area contributed by atoms with E-state index in [1.165, 1.54) is 0 Å². The Labute approximate surface area is 61.0 Å². The topological polar surface area (TPSA) is 17.1 Å². The van der Waals surface area contributed by atoms with Gasteiger partial charge in [0.05, 0.1) is 0 Å². The number of hydrogen-bond acceptors (Lipinski definition) is 1. The summed E-state index contributed by atoms with van der Waals surface area (Å²) in [5, 5.41) is 0. The Kier molecular flexibility index (Phi) is 473. The van der Waals surface area contributed by atoms with Gasteiger partial charge in [-0.2, -0.15) is 0 Å². The van der Waals surface area contributed by atoms with Gasteiger partial charge in [0.15, 0.2) is 0 Å². The minimum Gasteiger partial charge on any atom is -0.281 e. The van der Waals surface area contributed by atoms with Gasteiger partial charge in [0.1, 0.15) is 0 Å². The summed E-state index contributed by atoms with van der Waals surface area (Å²) in [4.78, 5) is 7.50. The predicted molar refractivity (Wildman–Crippen MR) is 5.69 cm³/mol. The van der Waals surface area contributed by atoms with E-state index in [0.717, 1.165) is 0 Å². The molecule has 0 spiro atoms. The molecule has 40 valence electrons. The van der Waals surface area contributed by atoms with Crippen LogP contribution in [0.5, 0.6) is 0 Å². The molecule has 0 fully saturated rings. The van der Waals surface area contributed by atoms with Gasteiger partial charge in [-0.15, -0.1) is 0 Å². The molecule has 0 aromatic carbocycles. The first-order chi connectivity index (χ1) is 1.00. The number of carbonyl (C=O) groups excluding carboxylic acids is 1. The summed E-state index contributed by atoms with van der Waals surface area (Å²) in [6.07, 6.45) is 0. The Bertz CT molecular complexity index is 6.85. The minimum atomic E-state index is 0. The van der Waals surface area contributed by atoms with Crippen LogP contribution in [0.2, 0.25) is 0 Å². The second-order valence-corrected chi connectivity index (χ2v) is 0. The third-order valence-corrected chi connectivity index (χ3v) is 0. The predicted octanol–water partition coefficient (Wildman–Crippen LogP) is -0.405. The van der Waals surface area contributed by atoms with Crippen LogP contribution >= 0.6 is 0 Å². The van der Waals surface area contributed by atoms with Crippen molar-refractivity contribution < 1.29 is 54.3 Å². The summed E-state index contributed by atoms with van der Waals surface area (Å²) in [6.45, 7) is 4.50. The molecule has 4 heteroatoms. The molecule has 0 aromatic rings. The van der Waals surface area contributed by atoms with Crippen LogP contribution < -0.4 is 0 Å².